The van der Waals surface area contributed by atoms with E-state index in [1.165, 1.54) is 12.1 Å². The van der Waals surface area contributed by atoms with Crippen molar-refractivity contribution in [1.29, 1.82) is 0 Å². The second kappa shape index (κ2) is 5.91. The fourth-order valence-corrected chi connectivity index (χ4v) is 2.28. The average Bonchev–Trinajstić information content (AvgIpc) is 2.52. The number of pyridine rings is 1. The predicted octanol–water partition coefficient (Wildman–Crippen LogP) is 5.14. The van der Waals surface area contributed by atoms with Crippen molar-refractivity contribution in [3.63, 3.8) is 0 Å². The number of hydrogen-bond acceptors (Lipinski definition) is 2. The van der Waals surface area contributed by atoms with E-state index in [1.54, 1.807) is 6.07 Å². The third-order valence-corrected chi connectivity index (χ3v) is 3.50. The van der Waals surface area contributed by atoms with Gasteiger partial charge >= 0.3 is 6.18 Å². The molecule has 0 aliphatic rings. The minimum Gasteiger partial charge on any atom is -0.487 e. The molecule has 0 saturated heterocycles. The Morgan fingerprint density at radius 3 is 2.39 bits per heavy atom. The molecule has 23 heavy (non-hydrogen) atoms. The summed E-state index contributed by atoms with van der Waals surface area (Å²) in [5.41, 5.74) is 1.63. The van der Waals surface area contributed by atoms with Gasteiger partial charge in [0, 0.05) is 11.1 Å². The summed E-state index contributed by atoms with van der Waals surface area (Å²) in [4.78, 5) is 4.46. The molecule has 0 atom stereocenters. The van der Waals surface area contributed by atoms with E-state index in [9.17, 15) is 13.2 Å². The number of nitrogens with zero attached hydrogens (tertiary/aromatic N) is 1. The van der Waals surface area contributed by atoms with Gasteiger partial charge in [0.2, 0.25) is 0 Å². The van der Waals surface area contributed by atoms with Gasteiger partial charge in [-0.2, -0.15) is 13.2 Å². The maximum Gasteiger partial charge on any atom is 0.416 e. The molecular weight excluding hydrogens is 303 g/mol. The molecule has 2 aromatic carbocycles. The van der Waals surface area contributed by atoms with Gasteiger partial charge in [-0.05, 0) is 36.8 Å². The van der Waals surface area contributed by atoms with E-state index in [0.717, 1.165) is 28.7 Å². The lowest BCUT2D eigenvalue weighted by Gasteiger charge is -2.10. The zero-order valence-electron chi connectivity index (χ0n) is 12.4. The molecule has 1 aromatic heterocycles. The van der Waals surface area contributed by atoms with Gasteiger partial charge in [-0.3, -0.25) is 0 Å². The number of hydrogen-bond donors (Lipinski definition) is 0. The fourth-order valence-electron chi connectivity index (χ4n) is 2.28. The molecule has 0 amide bonds. The maximum atomic E-state index is 12.5. The van der Waals surface area contributed by atoms with Crippen molar-refractivity contribution in [3.05, 3.63) is 71.4 Å². The lowest BCUT2D eigenvalue weighted by atomic mass is 10.1. The molecule has 3 aromatic rings. The van der Waals surface area contributed by atoms with E-state index in [-0.39, 0.29) is 6.61 Å². The van der Waals surface area contributed by atoms with Crippen molar-refractivity contribution >= 4 is 10.9 Å². The Bertz CT molecular complexity index is 826. The molecule has 0 aliphatic heterocycles. The number of halogens is 3. The number of aryl methyl sites for hydroxylation is 1. The Morgan fingerprint density at radius 1 is 0.957 bits per heavy atom. The van der Waals surface area contributed by atoms with Crippen LogP contribution < -0.4 is 4.74 Å². The highest BCUT2D eigenvalue weighted by molar-refractivity contribution is 5.84. The second-order valence-corrected chi connectivity index (χ2v) is 5.26. The molecule has 118 valence electrons. The minimum absolute atomic E-state index is 0.187. The summed E-state index contributed by atoms with van der Waals surface area (Å²) in [7, 11) is 0. The first-order chi connectivity index (χ1) is 10.9. The van der Waals surface area contributed by atoms with E-state index < -0.39 is 11.7 Å². The first kappa shape index (κ1) is 15.3. The molecule has 0 spiro atoms. The van der Waals surface area contributed by atoms with Crippen LogP contribution in [0.3, 0.4) is 0 Å². The van der Waals surface area contributed by atoms with Gasteiger partial charge in [-0.15, -0.1) is 0 Å². The van der Waals surface area contributed by atoms with Crippen LogP contribution in [0, 0.1) is 6.92 Å². The lowest BCUT2D eigenvalue weighted by Crippen LogP contribution is -2.05. The number of benzene rings is 2. The first-order valence-corrected chi connectivity index (χ1v) is 7.09. The van der Waals surface area contributed by atoms with Crippen LogP contribution in [-0.2, 0) is 12.8 Å². The molecular formula is C18H14F3NO. The Morgan fingerprint density at radius 2 is 1.70 bits per heavy atom. The Labute approximate surface area is 131 Å². The smallest absolute Gasteiger partial charge is 0.416 e. The Balaban J connectivity index is 1.80. The molecule has 2 nitrogen and oxygen atoms in total. The van der Waals surface area contributed by atoms with Crippen molar-refractivity contribution < 1.29 is 17.9 Å². The third-order valence-electron chi connectivity index (χ3n) is 3.50. The summed E-state index contributed by atoms with van der Waals surface area (Å²) in [6.45, 7) is 2.08. The molecule has 0 bridgehead atoms. The molecule has 0 N–H and O–H groups in total. The summed E-state index contributed by atoms with van der Waals surface area (Å²) in [5, 5.41) is 0.959. The number of alkyl halides is 3. The van der Waals surface area contributed by atoms with Crippen LogP contribution in [0.15, 0.2) is 54.6 Å². The van der Waals surface area contributed by atoms with Gasteiger partial charge in [0.25, 0.3) is 0 Å². The van der Waals surface area contributed by atoms with E-state index in [2.05, 4.69) is 4.98 Å². The molecule has 3 rings (SSSR count). The summed E-state index contributed by atoms with van der Waals surface area (Å²) < 4.78 is 43.4. The van der Waals surface area contributed by atoms with Crippen LogP contribution in [0.1, 0.15) is 16.8 Å². The van der Waals surface area contributed by atoms with Crippen LogP contribution in [0.5, 0.6) is 5.75 Å². The van der Waals surface area contributed by atoms with Gasteiger partial charge in [0.1, 0.15) is 17.9 Å². The summed E-state index contributed by atoms with van der Waals surface area (Å²) >= 11 is 0. The van der Waals surface area contributed by atoms with Crippen LogP contribution in [0.25, 0.3) is 10.9 Å². The van der Waals surface area contributed by atoms with Gasteiger partial charge in [0.15, 0.2) is 0 Å². The van der Waals surface area contributed by atoms with Gasteiger partial charge in [-0.1, -0.05) is 30.3 Å². The minimum atomic E-state index is -4.32. The predicted molar refractivity (Wildman–Crippen MR) is 82.3 cm³/mol. The SMILES string of the molecule is Cc1ccc2cccc(OCc3ccc(C(F)(F)F)cc3)c2n1. The quantitative estimate of drug-likeness (QED) is 0.667. The number of ether oxygens (including phenoxy) is 1. The molecule has 0 fully saturated rings. The highest BCUT2D eigenvalue weighted by Crippen LogP contribution is 2.29. The molecule has 1 heterocycles. The molecule has 0 saturated carbocycles. The number of rotatable bonds is 3. The topological polar surface area (TPSA) is 22.1 Å². The fraction of sp³-hybridized carbons (Fsp3) is 0.167. The van der Waals surface area contributed by atoms with E-state index in [1.807, 2.05) is 31.2 Å². The highest BCUT2D eigenvalue weighted by Gasteiger charge is 2.29. The maximum absolute atomic E-state index is 12.5. The number of fused-ring (bicyclic) bond motifs is 1. The van der Waals surface area contributed by atoms with E-state index in [4.69, 9.17) is 4.74 Å². The Hall–Kier alpha value is -2.56. The largest absolute Gasteiger partial charge is 0.487 e. The van der Waals surface area contributed by atoms with Gasteiger partial charge < -0.3 is 4.74 Å². The van der Waals surface area contributed by atoms with Gasteiger partial charge in [0.05, 0.1) is 5.56 Å². The van der Waals surface area contributed by atoms with Crippen molar-refractivity contribution in [2.45, 2.75) is 19.7 Å². The van der Waals surface area contributed by atoms with Crippen molar-refractivity contribution in [2.24, 2.45) is 0 Å². The van der Waals surface area contributed by atoms with Crippen molar-refractivity contribution in [1.82, 2.24) is 4.98 Å². The van der Waals surface area contributed by atoms with Gasteiger partial charge in [-0.25, -0.2) is 4.98 Å². The zero-order chi connectivity index (χ0) is 16.4. The highest BCUT2D eigenvalue weighted by atomic mass is 19.4. The Kier molecular flexibility index (Phi) is 3.94. The normalized spacial score (nSPS) is 11.7. The van der Waals surface area contributed by atoms with Crippen molar-refractivity contribution in [2.75, 3.05) is 0 Å². The van der Waals surface area contributed by atoms with Crippen LogP contribution in [-0.4, -0.2) is 4.98 Å². The lowest BCUT2D eigenvalue weighted by molar-refractivity contribution is -0.137. The van der Waals surface area contributed by atoms with Crippen molar-refractivity contribution in [3.8, 4) is 5.75 Å². The average molecular weight is 317 g/mol. The number of para-hydroxylation sites is 1. The van der Waals surface area contributed by atoms with Crippen LogP contribution in [0.4, 0.5) is 13.2 Å². The molecule has 0 unspecified atom stereocenters. The molecule has 5 heteroatoms. The zero-order valence-corrected chi connectivity index (χ0v) is 12.4. The second-order valence-electron chi connectivity index (χ2n) is 5.26. The summed E-state index contributed by atoms with van der Waals surface area (Å²) in [6, 6.07) is 14.4. The standard InChI is InChI=1S/C18H14F3NO/c1-12-5-8-14-3-2-4-16(17(14)22-12)23-11-13-6-9-15(10-7-13)18(19,20)21/h2-10H,11H2,1H3. The van der Waals surface area contributed by atoms with Crippen LogP contribution >= 0.6 is 0 Å². The molecule has 0 aliphatic carbocycles. The first-order valence-electron chi connectivity index (χ1n) is 7.09. The monoisotopic (exact) mass is 317 g/mol. The van der Waals surface area contributed by atoms with E-state index in [0.29, 0.717) is 11.3 Å². The van der Waals surface area contributed by atoms with Crippen LogP contribution in [0.2, 0.25) is 0 Å². The van der Waals surface area contributed by atoms with E-state index >= 15 is 0 Å². The third kappa shape index (κ3) is 3.44. The summed E-state index contributed by atoms with van der Waals surface area (Å²) in [5.74, 6) is 0.617. The molecule has 0 radical (unpaired) electrons. The summed E-state index contributed by atoms with van der Waals surface area (Å²) in [6.07, 6.45) is -4.32. The number of aromatic nitrogens is 1.